The molecule has 376 valence electrons. The molecule has 0 saturated heterocycles. The second-order valence-corrected chi connectivity index (χ2v) is 18.6. The summed E-state index contributed by atoms with van der Waals surface area (Å²) in [6.45, 7) is 3.63. The normalized spacial score (nSPS) is 12.7. The van der Waals surface area contributed by atoms with Crippen LogP contribution in [0.3, 0.4) is 0 Å². The van der Waals surface area contributed by atoms with Crippen molar-refractivity contribution >= 4 is 55.7 Å². The van der Waals surface area contributed by atoms with Gasteiger partial charge in [0.25, 0.3) is 0 Å². The van der Waals surface area contributed by atoms with Gasteiger partial charge in [0.1, 0.15) is 39.9 Å². The largest absolute Gasteiger partial charge is 0.573 e. The van der Waals surface area contributed by atoms with Crippen molar-refractivity contribution in [2.75, 3.05) is 11.5 Å². The number of nitrogens with zero attached hydrogens (tertiary/aromatic N) is 6. The third-order valence-corrected chi connectivity index (χ3v) is 12.8. The van der Waals surface area contributed by atoms with Gasteiger partial charge in [-0.2, -0.15) is 0 Å². The zero-order valence-electron chi connectivity index (χ0n) is 37.7. The van der Waals surface area contributed by atoms with Crippen LogP contribution in [-0.4, -0.2) is 73.5 Å². The summed E-state index contributed by atoms with van der Waals surface area (Å²) in [5.74, 6) is -3.39. The number of amides is 2. The predicted molar refractivity (Wildman–Crippen MR) is 248 cm³/mol. The van der Waals surface area contributed by atoms with Crippen molar-refractivity contribution in [1.82, 2.24) is 39.7 Å². The van der Waals surface area contributed by atoms with E-state index in [4.69, 9.17) is 0 Å². The van der Waals surface area contributed by atoms with Crippen LogP contribution in [0.25, 0.3) is 22.3 Å². The molecule has 0 bridgehead atoms. The highest BCUT2D eigenvalue weighted by atomic mass is 32.2. The number of carbonyl (C=O) groups excluding carboxylic acids is 2. The molecule has 0 unspecified atom stereocenters. The minimum atomic E-state index is -4.85. The molecule has 14 nitrogen and oxygen atoms in total. The van der Waals surface area contributed by atoms with Gasteiger partial charge in [-0.25, -0.2) is 37.1 Å². The number of thioether (sulfide) groups is 1. The van der Waals surface area contributed by atoms with Crippen molar-refractivity contribution in [3.8, 4) is 11.5 Å². The molecule has 2 amide bonds. The fraction of sp³-hybridized carbons (Fsp3) is 0.208. The Hall–Kier alpha value is -7.60. The van der Waals surface area contributed by atoms with E-state index >= 15 is 0 Å². The number of sulfone groups is 1. The minimum absolute atomic E-state index is 0.0766. The molecular formula is C48H40F8N8O6S2. The summed E-state index contributed by atoms with van der Waals surface area (Å²) in [4.78, 5) is 42.4. The van der Waals surface area contributed by atoms with Crippen molar-refractivity contribution in [2.24, 2.45) is 0 Å². The number of hydrogen-bond acceptors (Lipinski definition) is 11. The van der Waals surface area contributed by atoms with Gasteiger partial charge in [-0.05, 0) is 109 Å². The maximum Gasteiger partial charge on any atom is 0.573 e. The molecule has 4 aromatic heterocycles. The van der Waals surface area contributed by atoms with Crippen LogP contribution in [0.2, 0.25) is 0 Å². The van der Waals surface area contributed by atoms with Crippen LogP contribution in [0.1, 0.15) is 48.2 Å². The predicted octanol–water partition coefficient (Wildman–Crippen LogP) is 9.66. The van der Waals surface area contributed by atoms with Gasteiger partial charge in [-0.15, -0.1) is 26.3 Å². The van der Waals surface area contributed by atoms with E-state index in [2.05, 4.69) is 40.0 Å². The first-order valence-electron chi connectivity index (χ1n) is 21.4. The molecule has 0 radical (unpaired) electrons. The number of nitrogens with one attached hydrogen (secondary N) is 2. The van der Waals surface area contributed by atoms with Gasteiger partial charge in [0.2, 0.25) is 26.8 Å². The van der Waals surface area contributed by atoms with Gasteiger partial charge in [0.05, 0.1) is 30.9 Å². The standard InChI is InChI=1S/C24H20F4N4O4S.C24H20F4N4O2S/c1-15(17-6-8-18(25)9-7-17)30-21(33)14-37(34,35)23-31-20-3-2-12-29-22(20)32(23)13-16-4-10-19(11-5-16)36-24(26,27)28;1-15(17-6-8-18(25)9-7-17)30-21(33)14-35-23-31-20-3-2-12-29-22(20)32(23)13-16-4-10-19(11-5-16)34-24(26,27)28/h2-12,15H,13-14H2,1H3,(H,30,33);2-12,15H,13-14H2,1H3,(H,30,33)/t2*15-/m00/s1. The summed E-state index contributed by atoms with van der Waals surface area (Å²) in [5.41, 5.74) is 4.22. The Bertz CT molecular complexity index is 3260. The average Bonchev–Trinajstić information content (AvgIpc) is 3.87. The Morgan fingerprint density at radius 3 is 1.51 bits per heavy atom. The van der Waals surface area contributed by atoms with Crippen molar-refractivity contribution in [3.63, 3.8) is 0 Å². The van der Waals surface area contributed by atoms with E-state index in [1.54, 1.807) is 61.0 Å². The summed E-state index contributed by atoms with van der Waals surface area (Å²) in [6.07, 6.45) is -6.55. The Kier molecular flexibility index (Phi) is 16.1. The molecule has 8 rings (SSSR count). The summed E-state index contributed by atoms with van der Waals surface area (Å²) >= 11 is 1.22. The van der Waals surface area contributed by atoms with E-state index in [-0.39, 0.29) is 53.5 Å². The van der Waals surface area contributed by atoms with Gasteiger partial charge in [0.15, 0.2) is 16.5 Å². The Balaban J connectivity index is 0.000000212. The maximum atomic E-state index is 13.2. The zero-order chi connectivity index (χ0) is 51.8. The number of halogens is 8. The Labute approximate surface area is 409 Å². The third kappa shape index (κ3) is 14.3. The molecule has 0 aliphatic heterocycles. The lowest BCUT2D eigenvalue weighted by Crippen LogP contribution is -2.33. The van der Waals surface area contributed by atoms with Gasteiger partial charge < -0.3 is 20.1 Å². The molecule has 72 heavy (non-hydrogen) atoms. The SMILES string of the molecule is C[C@H](NC(=O)CS(=O)(=O)c1nc2cccnc2n1Cc1ccc(OC(F)(F)F)cc1)c1ccc(F)cc1.C[C@H](NC(=O)CSc1nc2cccnc2n1Cc1ccc(OC(F)(F)F)cc1)c1ccc(F)cc1. The van der Waals surface area contributed by atoms with Gasteiger partial charge in [0, 0.05) is 12.4 Å². The molecule has 4 aromatic carbocycles. The van der Waals surface area contributed by atoms with Crippen molar-refractivity contribution in [3.05, 3.63) is 168 Å². The number of fused-ring (bicyclic) bond motifs is 2. The molecule has 0 spiro atoms. The van der Waals surface area contributed by atoms with Crippen LogP contribution in [0.4, 0.5) is 35.1 Å². The summed E-state index contributed by atoms with van der Waals surface area (Å²) < 4.78 is 138. The van der Waals surface area contributed by atoms with Crippen LogP contribution >= 0.6 is 11.8 Å². The molecule has 0 fully saturated rings. The molecular weight excluding hydrogens is 1000 g/mol. The second kappa shape index (κ2) is 22.2. The summed E-state index contributed by atoms with van der Waals surface area (Å²) in [6, 6.07) is 27.5. The van der Waals surface area contributed by atoms with Crippen LogP contribution in [-0.2, 0) is 32.5 Å². The van der Waals surface area contributed by atoms with Crippen molar-refractivity contribution < 1.29 is 62.6 Å². The number of aromatic nitrogens is 6. The van der Waals surface area contributed by atoms with Crippen molar-refractivity contribution in [2.45, 2.75) is 62.1 Å². The quantitative estimate of drug-likeness (QED) is 0.0697. The van der Waals surface area contributed by atoms with E-state index in [0.717, 1.165) is 17.7 Å². The first-order valence-corrected chi connectivity index (χ1v) is 24.0. The third-order valence-electron chi connectivity index (χ3n) is 10.4. The number of carbonyl (C=O) groups is 2. The van der Waals surface area contributed by atoms with Gasteiger partial charge in [-0.1, -0.05) is 60.3 Å². The number of alkyl halides is 6. The molecule has 2 atom stereocenters. The second-order valence-electron chi connectivity index (χ2n) is 15.8. The highest BCUT2D eigenvalue weighted by Gasteiger charge is 2.32. The highest BCUT2D eigenvalue weighted by Crippen LogP contribution is 2.28. The molecule has 0 saturated carbocycles. The number of imidazole rings is 2. The average molecular weight is 1040 g/mol. The fourth-order valence-electron chi connectivity index (χ4n) is 7.07. The maximum absolute atomic E-state index is 13.2. The molecule has 2 N–H and O–H groups in total. The molecule has 24 heteroatoms. The van der Waals surface area contributed by atoms with E-state index in [1.807, 2.05) is 0 Å². The van der Waals surface area contributed by atoms with Crippen LogP contribution in [0.15, 0.2) is 144 Å². The lowest BCUT2D eigenvalue weighted by atomic mass is 10.1. The number of ether oxygens (including phenoxy) is 2. The summed E-state index contributed by atoms with van der Waals surface area (Å²) in [7, 11) is -4.27. The monoisotopic (exact) mass is 1040 g/mol. The highest BCUT2D eigenvalue weighted by molar-refractivity contribution is 7.99. The van der Waals surface area contributed by atoms with Crippen molar-refractivity contribution in [1.29, 1.82) is 0 Å². The first-order chi connectivity index (χ1) is 34.1. The number of pyridine rings is 2. The minimum Gasteiger partial charge on any atom is -0.406 e. The molecule has 4 heterocycles. The van der Waals surface area contributed by atoms with Gasteiger partial charge in [-0.3, -0.25) is 18.7 Å². The first kappa shape index (κ1) is 52.2. The van der Waals surface area contributed by atoms with Gasteiger partial charge >= 0.3 is 12.7 Å². The van der Waals surface area contributed by atoms with Crippen LogP contribution in [0.5, 0.6) is 11.5 Å². The van der Waals surface area contributed by atoms with Crippen LogP contribution < -0.4 is 20.1 Å². The van der Waals surface area contributed by atoms with Crippen LogP contribution in [0, 0.1) is 11.6 Å². The molecule has 0 aliphatic carbocycles. The van der Waals surface area contributed by atoms with E-state index in [1.165, 1.54) is 95.3 Å². The smallest absolute Gasteiger partial charge is 0.406 e. The van der Waals surface area contributed by atoms with E-state index in [0.29, 0.717) is 33.0 Å². The topological polar surface area (TPSA) is 172 Å². The lowest BCUT2D eigenvalue weighted by molar-refractivity contribution is -0.275. The Morgan fingerprint density at radius 2 is 1.04 bits per heavy atom. The fourth-order valence-corrected chi connectivity index (χ4v) is 9.16. The number of hydrogen-bond donors (Lipinski definition) is 2. The Morgan fingerprint density at radius 1 is 0.611 bits per heavy atom. The lowest BCUT2D eigenvalue weighted by Gasteiger charge is -2.15. The number of rotatable bonds is 16. The summed E-state index contributed by atoms with van der Waals surface area (Å²) in [5, 5.41) is 5.57. The number of benzene rings is 4. The zero-order valence-corrected chi connectivity index (χ0v) is 39.3. The van der Waals surface area contributed by atoms with E-state index < -0.39 is 57.0 Å². The molecule has 0 aliphatic rings. The van der Waals surface area contributed by atoms with E-state index in [9.17, 15) is 53.1 Å². The molecule has 8 aromatic rings.